The molecule has 36 heavy (non-hydrogen) atoms. The number of ether oxygens (including phenoxy) is 1. The van der Waals surface area contributed by atoms with Gasteiger partial charge in [0.05, 0.1) is 31.0 Å². The molecule has 2 aliphatic heterocycles. The average molecular weight is 510 g/mol. The first kappa shape index (κ1) is 25.4. The van der Waals surface area contributed by atoms with Crippen LogP contribution in [0.4, 0.5) is 28.0 Å². The SMILES string of the molecule is CC1Cc2nn3c(c2CN1C(=O)Nc1ccc(F)c(C#N)c1)C(=O)N(C)OC(COCC(F)(F)F)C3. The number of hydrogen-bond acceptors (Lipinski definition) is 6. The molecule has 192 valence electrons. The van der Waals surface area contributed by atoms with E-state index >= 15 is 0 Å². The molecule has 4 rings (SSSR count). The number of nitrogens with zero attached hydrogens (tertiary/aromatic N) is 5. The van der Waals surface area contributed by atoms with E-state index < -0.39 is 43.2 Å². The summed E-state index contributed by atoms with van der Waals surface area (Å²) in [5.74, 6) is -1.27. The molecule has 2 aliphatic rings. The maximum absolute atomic E-state index is 13.6. The number of nitriles is 1. The number of halogens is 4. The van der Waals surface area contributed by atoms with Gasteiger partial charge in [-0.2, -0.15) is 23.5 Å². The molecule has 1 aromatic heterocycles. The predicted octanol–water partition coefficient (Wildman–Crippen LogP) is 2.84. The summed E-state index contributed by atoms with van der Waals surface area (Å²) in [6.45, 7) is -0.0572. The number of nitrogens with one attached hydrogen (secondary N) is 1. The topological polar surface area (TPSA) is 113 Å². The van der Waals surface area contributed by atoms with Crippen molar-refractivity contribution in [2.45, 2.75) is 44.8 Å². The monoisotopic (exact) mass is 510 g/mol. The summed E-state index contributed by atoms with van der Waals surface area (Å²) in [5.41, 5.74) is 1.27. The van der Waals surface area contributed by atoms with Gasteiger partial charge in [0.1, 0.15) is 30.3 Å². The summed E-state index contributed by atoms with van der Waals surface area (Å²) < 4.78 is 57.0. The third-order valence-electron chi connectivity index (χ3n) is 5.82. The Morgan fingerprint density at radius 3 is 2.83 bits per heavy atom. The predicted molar refractivity (Wildman–Crippen MR) is 115 cm³/mol. The van der Waals surface area contributed by atoms with Gasteiger partial charge in [0.2, 0.25) is 0 Å². The number of carbonyl (C=O) groups excluding carboxylic acids is 2. The number of urea groups is 1. The molecule has 0 radical (unpaired) electrons. The van der Waals surface area contributed by atoms with Crippen molar-refractivity contribution in [2.75, 3.05) is 25.6 Å². The zero-order valence-corrected chi connectivity index (χ0v) is 19.3. The Balaban J connectivity index is 1.54. The minimum absolute atomic E-state index is 0.0244. The molecule has 0 fully saturated rings. The standard InChI is InChI=1S/C22H22F4N6O4/c1-12-5-18-16(9-31(12)21(34)28-14-3-4-17(23)13(6-14)7-27)19-20(33)30(2)36-15(8-32(19)29-18)10-35-11-22(24,25)26/h3-4,6,12,15H,5,8-11H2,1-2H3,(H,28,34). The average Bonchev–Trinajstić information content (AvgIpc) is 3.08. The summed E-state index contributed by atoms with van der Waals surface area (Å²) in [6, 6.07) is 4.50. The number of fused-ring (bicyclic) bond motifs is 3. The Morgan fingerprint density at radius 1 is 1.39 bits per heavy atom. The Hall–Kier alpha value is -3.70. The van der Waals surface area contributed by atoms with Gasteiger partial charge < -0.3 is 15.0 Å². The van der Waals surface area contributed by atoms with E-state index in [2.05, 4.69) is 10.4 Å². The van der Waals surface area contributed by atoms with Gasteiger partial charge in [0.25, 0.3) is 5.91 Å². The number of amides is 3. The first-order valence-electron chi connectivity index (χ1n) is 10.9. The summed E-state index contributed by atoms with van der Waals surface area (Å²) in [5, 5.41) is 17.0. The van der Waals surface area contributed by atoms with E-state index in [1.165, 1.54) is 28.8 Å². The lowest BCUT2D eigenvalue weighted by Gasteiger charge is -2.33. The molecule has 0 bridgehead atoms. The van der Waals surface area contributed by atoms with Gasteiger partial charge in [0.15, 0.2) is 0 Å². The number of benzene rings is 1. The highest BCUT2D eigenvalue weighted by atomic mass is 19.4. The molecular weight excluding hydrogens is 488 g/mol. The van der Waals surface area contributed by atoms with E-state index in [4.69, 9.17) is 14.8 Å². The highest BCUT2D eigenvalue weighted by Crippen LogP contribution is 2.29. The summed E-state index contributed by atoms with van der Waals surface area (Å²) in [6.07, 6.45) is -5.07. The molecule has 3 amide bonds. The van der Waals surface area contributed by atoms with Gasteiger partial charge in [-0.05, 0) is 25.1 Å². The Morgan fingerprint density at radius 2 is 2.14 bits per heavy atom. The molecule has 0 spiro atoms. The fraction of sp³-hybridized carbons (Fsp3) is 0.455. The van der Waals surface area contributed by atoms with Crippen LogP contribution in [-0.2, 0) is 29.1 Å². The lowest BCUT2D eigenvalue weighted by molar-refractivity contribution is -0.202. The van der Waals surface area contributed by atoms with E-state index in [9.17, 15) is 27.2 Å². The van der Waals surface area contributed by atoms with Crippen molar-refractivity contribution in [3.05, 3.63) is 46.5 Å². The molecule has 0 aliphatic carbocycles. The minimum atomic E-state index is -4.49. The molecule has 14 heteroatoms. The highest BCUT2D eigenvalue weighted by Gasteiger charge is 2.38. The highest BCUT2D eigenvalue weighted by molar-refractivity contribution is 5.94. The van der Waals surface area contributed by atoms with Crippen LogP contribution in [-0.4, -0.2) is 70.3 Å². The lowest BCUT2D eigenvalue weighted by atomic mass is 9.99. The normalized spacial score (nSPS) is 19.9. The van der Waals surface area contributed by atoms with Crippen molar-refractivity contribution in [1.29, 1.82) is 5.26 Å². The van der Waals surface area contributed by atoms with Crippen LogP contribution in [0.15, 0.2) is 18.2 Å². The third kappa shape index (κ3) is 5.26. The van der Waals surface area contributed by atoms with E-state index in [0.717, 1.165) is 11.1 Å². The van der Waals surface area contributed by atoms with Crippen molar-refractivity contribution in [3.8, 4) is 6.07 Å². The second kappa shape index (κ2) is 9.75. The van der Waals surface area contributed by atoms with Crippen molar-refractivity contribution < 1.29 is 36.7 Å². The van der Waals surface area contributed by atoms with Crippen molar-refractivity contribution in [1.82, 2.24) is 19.7 Å². The molecule has 10 nitrogen and oxygen atoms in total. The number of anilines is 1. The smallest absolute Gasteiger partial charge is 0.369 e. The van der Waals surface area contributed by atoms with Crippen LogP contribution in [0, 0.1) is 17.1 Å². The van der Waals surface area contributed by atoms with Crippen LogP contribution in [0.25, 0.3) is 0 Å². The molecule has 2 atom stereocenters. The molecule has 0 saturated heterocycles. The maximum atomic E-state index is 13.6. The fourth-order valence-corrected chi connectivity index (χ4v) is 4.16. The van der Waals surface area contributed by atoms with Gasteiger partial charge in [-0.15, -0.1) is 0 Å². The minimum Gasteiger partial charge on any atom is -0.369 e. The van der Waals surface area contributed by atoms with Gasteiger partial charge in [0, 0.05) is 30.8 Å². The second-order valence-electron chi connectivity index (χ2n) is 8.53. The maximum Gasteiger partial charge on any atom is 0.411 e. The summed E-state index contributed by atoms with van der Waals surface area (Å²) >= 11 is 0. The van der Waals surface area contributed by atoms with Gasteiger partial charge in [-0.1, -0.05) is 0 Å². The van der Waals surface area contributed by atoms with E-state index in [1.807, 2.05) is 0 Å². The number of hydroxylamine groups is 2. The Bertz CT molecular complexity index is 1220. The fourth-order valence-electron chi connectivity index (χ4n) is 4.16. The molecule has 1 N–H and O–H groups in total. The number of rotatable bonds is 4. The largest absolute Gasteiger partial charge is 0.411 e. The van der Waals surface area contributed by atoms with Gasteiger partial charge in [-0.25, -0.2) is 14.2 Å². The van der Waals surface area contributed by atoms with Crippen LogP contribution < -0.4 is 5.32 Å². The van der Waals surface area contributed by atoms with E-state index in [0.29, 0.717) is 17.7 Å². The summed E-state index contributed by atoms with van der Waals surface area (Å²) in [7, 11) is 1.34. The van der Waals surface area contributed by atoms with Crippen molar-refractivity contribution in [3.63, 3.8) is 0 Å². The number of hydrogen-bond donors (Lipinski definition) is 1. The Kier molecular flexibility index (Phi) is 6.87. The zero-order chi connectivity index (χ0) is 26.2. The number of alkyl halides is 3. The Labute approximate surface area is 202 Å². The van der Waals surface area contributed by atoms with Crippen LogP contribution in [0.3, 0.4) is 0 Å². The van der Waals surface area contributed by atoms with Crippen molar-refractivity contribution in [2.24, 2.45) is 0 Å². The van der Waals surface area contributed by atoms with Gasteiger partial charge >= 0.3 is 12.2 Å². The van der Waals surface area contributed by atoms with Gasteiger partial charge in [-0.3, -0.25) is 14.3 Å². The van der Waals surface area contributed by atoms with E-state index in [-0.39, 0.29) is 36.1 Å². The molecule has 3 heterocycles. The molecular formula is C22H22F4N6O4. The van der Waals surface area contributed by atoms with Crippen LogP contribution >= 0.6 is 0 Å². The first-order valence-corrected chi connectivity index (χ1v) is 10.9. The van der Waals surface area contributed by atoms with E-state index in [1.54, 1.807) is 13.0 Å². The quantitative estimate of drug-likeness (QED) is 0.633. The molecule has 0 saturated carbocycles. The van der Waals surface area contributed by atoms with Crippen LogP contribution in [0.2, 0.25) is 0 Å². The first-order chi connectivity index (χ1) is 17.0. The molecule has 2 aromatic rings. The van der Waals surface area contributed by atoms with Crippen LogP contribution in [0.5, 0.6) is 0 Å². The lowest BCUT2D eigenvalue weighted by Crippen LogP contribution is -2.45. The number of carbonyl (C=O) groups is 2. The second-order valence-corrected chi connectivity index (χ2v) is 8.53. The summed E-state index contributed by atoms with van der Waals surface area (Å²) in [4.78, 5) is 33.0. The van der Waals surface area contributed by atoms with Crippen molar-refractivity contribution >= 4 is 17.6 Å². The molecule has 2 unspecified atom stereocenters. The third-order valence-corrected chi connectivity index (χ3v) is 5.82. The zero-order valence-electron chi connectivity index (χ0n) is 19.3. The molecule has 1 aromatic carbocycles. The number of aromatic nitrogens is 2. The van der Waals surface area contributed by atoms with Crippen LogP contribution in [0.1, 0.15) is 34.2 Å².